The number of anilines is 1. The first kappa shape index (κ1) is 21.3. The van der Waals surface area contributed by atoms with E-state index in [2.05, 4.69) is 10.6 Å². The predicted octanol–water partition coefficient (Wildman–Crippen LogP) is 4.21. The number of dihydropyridines is 1. The van der Waals surface area contributed by atoms with Crippen molar-refractivity contribution in [2.24, 2.45) is 0 Å². The van der Waals surface area contributed by atoms with E-state index >= 15 is 0 Å². The van der Waals surface area contributed by atoms with E-state index in [1.165, 1.54) is 19.2 Å². The summed E-state index contributed by atoms with van der Waals surface area (Å²) in [6, 6.07) is 13.1. The molecule has 1 atom stereocenters. The molecule has 0 saturated carbocycles. The molecule has 0 spiro atoms. The number of amides is 1. The molecule has 1 heterocycles. The Bertz CT molecular complexity index is 1160. The fraction of sp³-hybridized carbons (Fsp3) is 0.250. The van der Waals surface area contributed by atoms with Crippen LogP contribution < -0.4 is 15.4 Å². The van der Waals surface area contributed by atoms with Gasteiger partial charge in [-0.05, 0) is 37.5 Å². The van der Waals surface area contributed by atoms with Crippen molar-refractivity contribution in [2.75, 3.05) is 12.4 Å². The molecule has 2 aliphatic rings. The van der Waals surface area contributed by atoms with Crippen LogP contribution in [0.4, 0.5) is 11.4 Å². The smallest absolute Gasteiger partial charge is 0.269 e. The summed E-state index contributed by atoms with van der Waals surface area (Å²) >= 11 is 0. The third-order valence-corrected chi connectivity index (χ3v) is 5.81. The maximum absolute atomic E-state index is 13.5. The van der Waals surface area contributed by atoms with E-state index in [0.29, 0.717) is 46.7 Å². The van der Waals surface area contributed by atoms with E-state index < -0.39 is 10.8 Å². The number of nitrogens with one attached hydrogen (secondary N) is 2. The Morgan fingerprint density at radius 1 is 1.16 bits per heavy atom. The van der Waals surface area contributed by atoms with Gasteiger partial charge in [0.2, 0.25) is 0 Å². The summed E-state index contributed by atoms with van der Waals surface area (Å²) in [5.41, 5.74) is 3.54. The van der Waals surface area contributed by atoms with Gasteiger partial charge in [0.1, 0.15) is 5.75 Å². The van der Waals surface area contributed by atoms with Crippen LogP contribution in [0.2, 0.25) is 0 Å². The SMILES string of the molecule is COc1ccccc1NC(=O)C1=C(C)NC2=C(C(=O)CCC2)[C@@H]1c1ccc([N+](=O)[O-])cc1. The van der Waals surface area contributed by atoms with Gasteiger partial charge in [0.05, 0.1) is 17.7 Å². The van der Waals surface area contributed by atoms with Crippen LogP contribution in [-0.2, 0) is 9.59 Å². The molecule has 0 unspecified atom stereocenters. The molecule has 1 aliphatic heterocycles. The second-order valence-corrected chi connectivity index (χ2v) is 7.77. The monoisotopic (exact) mass is 433 g/mol. The van der Waals surface area contributed by atoms with Crippen molar-refractivity contribution in [1.82, 2.24) is 5.32 Å². The minimum atomic E-state index is -0.616. The van der Waals surface area contributed by atoms with Crippen LogP contribution in [0.5, 0.6) is 5.75 Å². The first-order chi connectivity index (χ1) is 15.4. The van der Waals surface area contributed by atoms with Crippen molar-refractivity contribution in [3.63, 3.8) is 0 Å². The number of carbonyl (C=O) groups is 2. The van der Waals surface area contributed by atoms with Gasteiger partial charge in [0, 0.05) is 47.0 Å². The largest absolute Gasteiger partial charge is 0.495 e. The zero-order chi connectivity index (χ0) is 22.8. The van der Waals surface area contributed by atoms with Gasteiger partial charge < -0.3 is 15.4 Å². The molecule has 32 heavy (non-hydrogen) atoms. The Morgan fingerprint density at radius 3 is 2.56 bits per heavy atom. The van der Waals surface area contributed by atoms with Crippen molar-refractivity contribution in [2.45, 2.75) is 32.1 Å². The van der Waals surface area contributed by atoms with Crippen LogP contribution >= 0.6 is 0 Å². The van der Waals surface area contributed by atoms with Gasteiger partial charge in [-0.15, -0.1) is 0 Å². The molecule has 8 heteroatoms. The van der Waals surface area contributed by atoms with E-state index in [0.717, 1.165) is 12.1 Å². The molecular formula is C24H23N3O5. The number of nitro groups is 1. The summed E-state index contributed by atoms with van der Waals surface area (Å²) in [6.45, 7) is 1.80. The normalized spacial score (nSPS) is 18.1. The summed E-state index contributed by atoms with van der Waals surface area (Å²) in [6.07, 6.45) is 1.86. The molecular weight excluding hydrogens is 410 g/mol. The fourth-order valence-electron chi connectivity index (χ4n) is 4.34. The van der Waals surface area contributed by atoms with Crippen LogP contribution in [0.3, 0.4) is 0 Å². The number of nitrogens with zero attached hydrogens (tertiary/aromatic N) is 1. The standard InChI is InChI=1S/C24H23N3O5/c1-14-21(24(29)26-17-6-3-4-9-20(17)32-2)22(15-10-12-16(13-11-15)27(30)31)23-18(25-14)7-5-8-19(23)28/h3-4,6,9-13,22,25H,5,7-8H2,1-2H3,(H,26,29)/t22-/m1/s1. The number of nitro benzene ring substituents is 1. The summed E-state index contributed by atoms with van der Waals surface area (Å²) in [5, 5.41) is 17.3. The van der Waals surface area contributed by atoms with Gasteiger partial charge >= 0.3 is 0 Å². The lowest BCUT2D eigenvalue weighted by atomic mass is 9.75. The average molecular weight is 433 g/mol. The van der Waals surface area contributed by atoms with Crippen LogP contribution in [0.1, 0.15) is 37.7 Å². The molecule has 0 bridgehead atoms. The number of para-hydroxylation sites is 2. The Balaban J connectivity index is 1.79. The Morgan fingerprint density at radius 2 is 1.88 bits per heavy atom. The fourth-order valence-corrected chi connectivity index (χ4v) is 4.34. The maximum atomic E-state index is 13.5. The number of carbonyl (C=O) groups excluding carboxylic acids is 2. The maximum Gasteiger partial charge on any atom is 0.269 e. The number of methoxy groups -OCH3 is 1. The summed E-state index contributed by atoms with van der Waals surface area (Å²) < 4.78 is 5.34. The minimum absolute atomic E-state index is 0.0165. The molecule has 164 valence electrons. The Kier molecular flexibility index (Phi) is 5.77. The lowest BCUT2D eigenvalue weighted by Gasteiger charge is -2.34. The van der Waals surface area contributed by atoms with Gasteiger partial charge in [-0.3, -0.25) is 19.7 Å². The lowest BCUT2D eigenvalue weighted by molar-refractivity contribution is -0.384. The first-order valence-electron chi connectivity index (χ1n) is 10.3. The predicted molar refractivity (Wildman–Crippen MR) is 119 cm³/mol. The number of hydrogen-bond acceptors (Lipinski definition) is 6. The van der Waals surface area contributed by atoms with Gasteiger partial charge in [0.15, 0.2) is 5.78 Å². The van der Waals surface area contributed by atoms with Crippen LogP contribution in [0.25, 0.3) is 0 Å². The number of ketones is 1. The molecule has 0 aromatic heterocycles. The molecule has 0 radical (unpaired) electrons. The molecule has 2 aromatic carbocycles. The van der Waals surface area contributed by atoms with E-state index in [4.69, 9.17) is 4.74 Å². The third kappa shape index (κ3) is 3.87. The van der Waals surface area contributed by atoms with E-state index in [1.54, 1.807) is 43.3 Å². The van der Waals surface area contributed by atoms with Gasteiger partial charge in [-0.2, -0.15) is 0 Å². The van der Waals surface area contributed by atoms with Gasteiger partial charge in [0.25, 0.3) is 11.6 Å². The molecule has 1 aliphatic carbocycles. The highest BCUT2D eigenvalue weighted by Gasteiger charge is 2.38. The zero-order valence-electron chi connectivity index (χ0n) is 17.8. The van der Waals surface area contributed by atoms with Gasteiger partial charge in [-0.1, -0.05) is 24.3 Å². The Labute approximate surface area is 185 Å². The zero-order valence-corrected chi connectivity index (χ0v) is 17.8. The highest BCUT2D eigenvalue weighted by Crippen LogP contribution is 2.43. The molecule has 2 aromatic rings. The van der Waals surface area contributed by atoms with Crippen molar-refractivity contribution >= 4 is 23.1 Å². The third-order valence-electron chi connectivity index (χ3n) is 5.81. The van der Waals surface area contributed by atoms with Crippen molar-refractivity contribution < 1.29 is 19.2 Å². The molecule has 0 fully saturated rings. The quantitative estimate of drug-likeness (QED) is 0.540. The second kappa shape index (κ2) is 8.66. The number of benzene rings is 2. The molecule has 8 nitrogen and oxygen atoms in total. The Hall–Kier alpha value is -3.94. The number of ether oxygens (including phenoxy) is 1. The summed E-state index contributed by atoms with van der Waals surface area (Å²) in [5.74, 6) is -0.483. The van der Waals surface area contributed by atoms with Crippen molar-refractivity contribution in [3.05, 3.63) is 86.7 Å². The van der Waals surface area contributed by atoms with E-state index in [-0.39, 0.29) is 17.4 Å². The molecule has 2 N–H and O–H groups in total. The number of allylic oxidation sites excluding steroid dienone is 3. The minimum Gasteiger partial charge on any atom is -0.495 e. The summed E-state index contributed by atoms with van der Waals surface area (Å²) in [4.78, 5) is 37.1. The first-order valence-corrected chi connectivity index (χ1v) is 10.3. The molecule has 0 saturated heterocycles. The van der Waals surface area contributed by atoms with E-state index in [9.17, 15) is 19.7 Å². The number of non-ortho nitro benzene ring substituents is 1. The summed E-state index contributed by atoms with van der Waals surface area (Å²) in [7, 11) is 1.52. The molecule has 1 amide bonds. The van der Waals surface area contributed by atoms with Crippen LogP contribution in [-0.4, -0.2) is 23.7 Å². The highest BCUT2D eigenvalue weighted by atomic mass is 16.6. The van der Waals surface area contributed by atoms with Crippen molar-refractivity contribution in [3.8, 4) is 5.75 Å². The van der Waals surface area contributed by atoms with E-state index in [1.807, 2.05) is 0 Å². The topological polar surface area (TPSA) is 111 Å². The highest BCUT2D eigenvalue weighted by molar-refractivity contribution is 6.10. The average Bonchev–Trinajstić information content (AvgIpc) is 2.78. The van der Waals surface area contributed by atoms with Crippen molar-refractivity contribution in [1.29, 1.82) is 0 Å². The number of Topliss-reactive ketones (excluding diaryl/α,β-unsaturated/α-hetero) is 1. The van der Waals surface area contributed by atoms with Gasteiger partial charge in [-0.25, -0.2) is 0 Å². The lowest BCUT2D eigenvalue weighted by Crippen LogP contribution is -2.35. The number of hydrogen-bond donors (Lipinski definition) is 2. The van der Waals surface area contributed by atoms with Crippen LogP contribution in [0, 0.1) is 10.1 Å². The molecule has 4 rings (SSSR count). The number of rotatable bonds is 5. The van der Waals surface area contributed by atoms with Crippen LogP contribution in [0.15, 0.2) is 71.1 Å². The second-order valence-electron chi connectivity index (χ2n) is 7.77.